The van der Waals surface area contributed by atoms with Crippen molar-refractivity contribution < 1.29 is 23.7 Å². The van der Waals surface area contributed by atoms with Crippen molar-refractivity contribution in [2.24, 2.45) is 0 Å². The van der Waals surface area contributed by atoms with Crippen molar-refractivity contribution in [3.8, 4) is 23.0 Å². The van der Waals surface area contributed by atoms with E-state index >= 15 is 0 Å². The molecule has 2 aromatic rings. The van der Waals surface area contributed by atoms with Gasteiger partial charge in [-0.15, -0.1) is 0 Å². The first-order valence-electron chi connectivity index (χ1n) is 7.94. The Balaban J connectivity index is 1.69. The zero-order chi connectivity index (χ0) is 18.1. The summed E-state index contributed by atoms with van der Waals surface area (Å²) < 4.78 is 21.2. The largest absolute Gasteiger partial charge is 0.497 e. The fourth-order valence-electron chi connectivity index (χ4n) is 2.07. The first-order valence-corrected chi connectivity index (χ1v) is 7.94. The summed E-state index contributed by atoms with van der Waals surface area (Å²) in [7, 11) is 3.21. The van der Waals surface area contributed by atoms with Gasteiger partial charge in [-0.25, -0.2) is 0 Å². The number of hydrogen-bond donors (Lipinski definition) is 1. The number of methoxy groups -OCH3 is 2. The van der Waals surface area contributed by atoms with Crippen LogP contribution in [0.15, 0.2) is 48.5 Å². The molecule has 1 unspecified atom stereocenters. The maximum Gasteiger partial charge on any atom is 0.258 e. The Morgan fingerprint density at radius 2 is 1.28 bits per heavy atom. The standard InChI is InChI=1S/C19H23NO5/c1-14(12-24-17-8-4-15(22-2)5-9-17)20-19(21)13-25-18-10-6-16(23-3)7-11-18/h4-11,14H,12-13H2,1-3H3,(H,20,21). The monoisotopic (exact) mass is 345 g/mol. The molecule has 25 heavy (non-hydrogen) atoms. The second-order valence-electron chi connectivity index (χ2n) is 5.42. The molecule has 134 valence electrons. The summed E-state index contributed by atoms with van der Waals surface area (Å²) in [5.41, 5.74) is 0. The topological polar surface area (TPSA) is 66.0 Å². The predicted octanol–water partition coefficient (Wildman–Crippen LogP) is 2.67. The molecular weight excluding hydrogens is 322 g/mol. The molecule has 0 bridgehead atoms. The second kappa shape index (κ2) is 9.42. The fourth-order valence-corrected chi connectivity index (χ4v) is 2.07. The molecule has 6 nitrogen and oxygen atoms in total. The van der Waals surface area contributed by atoms with E-state index in [0.717, 1.165) is 17.2 Å². The van der Waals surface area contributed by atoms with Gasteiger partial charge in [0.05, 0.1) is 20.3 Å². The van der Waals surface area contributed by atoms with Gasteiger partial charge in [-0.1, -0.05) is 0 Å². The predicted molar refractivity (Wildman–Crippen MR) is 94.6 cm³/mol. The van der Waals surface area contributed by atoms with E-state index in [1.807, 2.05) is 31.2 Å². The van der Waals surface area contributed by atoms with Gasteiger partial charge in [0.25, 0.3) is 5.91 Å². The Morgan fingerprint density at radius 3 is 1.76 bits per heavy atom. The quantitative estimate of drug-likeness (QED) is 0.757. The number of hydrogen-bond acceptors (Lipinski definition) is 5. The lowest BCUT2D eigenvalue weighted by Crippen LogP contribution is -2.39. The van der Waals surface area contributed by atoms with Gasteiger partial charge in [0.2, 0.25) is 0 Å². The number of amides is 1. The van der Waals surface area contributed by atoms with Crippen LogP contribution in [-0.4, -0.2) is 39.4 Å². The average Bonchev–Trinajstić information content (AvgIpc) is 2.65. The third kappa shape index (κ3) is 6.25. The molecule has 1 atom stereocenters. The molecule has 0 saturated carbocycles. The number of benzene rings is 2. The molecule has 1 amide bonds. The highest BCUT2D eigenvalue weighted by molar-refractivity contribution is 5.77. The van der Waals surface area contributed by atoms with Crippen LogP contribution in [0.1, 0.15) is 6.92 Å². The molecule has 2 rings (SSSR count). The first-order chi connectivity index (χ1) is 12.1. The van der Waals surface area contributed by atoms with Gasteiger partial charge < -0.3 is 24.3 Å². The Morgan fingerprint density at radius 1 is 0.840 bits per heavy atom. The first kappa shape index (κ1) is 18.4. The Hall–Kier alpha value is -2.89. The van der Waals surface area contributed by atoms with E-state index in [-0.39, 0.29) is 18.6 Å². The molecule has 0 aliphatic heterocycles. The maximum atomic E-state index is 11.9. The van der Waals surface area contributed by atoms with E-state index in [4.69, 9.17) is 18.9 Å². The molecule has 0 saturated heterocycles. The second-order valence-corrected chi connectivity index (χ2v) is 5.42. The van der Waals surface area contributed by atoms with Gasteiger partial charge in [-0.3, -0.25) is 4.79 Å². The summed E-state index contributed by atoms with van der Waals surface area (Å²) >= 11 is 0. The van der Waals surface area contributed by atoms with E-state index in [1.54, 1.807) is 38.5 Å². The summed E-state index contributed by atoms with van der Waals surface area (Å²) in [6.45, 7) is 2.18. The van der Waals surface area contributed by atoms with Crippen LogP contribution in [0.4, 0.5) is 0 Å². The SMILES string of the molecule is COc1ccc(OCC(=O)NC(C)COc2ccc(OC)cc2)cc1. The molecule has 2 aromatic carbocycles. The van der Waals surface area contributed by atoms with Crippen LogP contribution < -0.4 is 24.3 Å². The van der Waals surface area contributed by atoms with Crippen molar-refractivity contribution in [3.63, 3.8) is 0 Å². The van der Waals surface area contributed by atoms with Gasteiger partial charge in [-0.05, 0) is 55.5 Å². The lowest BCUT2D eigenvalue weighted by atomic mass is 10.3. The number of nitrogens with one attached hydrogen (secondary N) is 1. The lowest BCUT2D eigenvalue weighted by Gasteiger charge is -2.15. The minimum Gasteiger partial charge on any atom is -0.497 e. The molecular formula is C19H23NO5. The lowest BCUT2D eigenvalue weighted by molar-refractivity contribution is -0.123. The number of ether oxygens (including phenoxy) is 4. The Labute approximate surface area is 147 Å². The highest BCUT2D eigenvalue weighted by Crippen LogP contribution is 2.17. The minimum absolute atomic E-state index is 0.0563. The van der Waals surface area contributed by atoms with Gasteiger partial charge in [0, 0.05) is 0 Å². The highest BCUT2D eigenvalue weighted by Gasteiger charge is 2.09. The van der Waals surface area contributed by atoms with Crippen LogP contribution >= 0.6 is 0 Å². The van der Waals surface area contributed by atoms with Gasteiger partial charge in [0.15, 0.2) is 6.61 Å². The van der Waals surface area contributed by atoms with Gasteiger partial charge in [-0.2, -0.15) is 0 Å². The Kier molecular flexibility index (Phi) is 6.95. The molecule has 1 N–H and O–H groups in total. The summed E-state index contributed by atoms with van der Waals surface area (Å²) in [5.74, 6) is 2.63. The molecule has 0 aliphatic rings. The molecule has 0 heterocycles. The van der Waals surface area contributed by atoms with Crippen molar-refractivity contribution >= 4 is 5.91 Å². The van der Waals surface area contributed by atoms with Crippen LogP contribution in [0.5, 0.6) is 23.0 Å². The zero-order valence-electron chi connectivity index (χ0n) is 14.7. The van der Waals surface area contributed by atoms with Crippen LogP contribution in [0.25, 0.3) is 0 Å². The summed E-state index contributed by atoms with van der Waals surface area (Å²) in [6, 6.07) is 14.2. The normalized spacial score (nSPS) is 11.3. The summed E-state index contributed by atoms with van der Waals surface area (Å²) in [6.07, 6.45) is 0. The van der Waals surface area contributed by atoms with E-state index in [9.17, 15) is 4.79 Å². The summed E-state index contributed by atoms with van der Waals surface area (Å²) in [4.78, 5) is 11.9. The minimum atomic E-state index is -0.207. The molecule has 0 aliphatic carbocycles. The number of carbonyl (C=O) groups excluding carboxylic acids is 1. The average molecular weight is 345 g/mol. The van der Waals surface area contributed by atoms with Crippen LogP contribution in [0, 0.1) is 0 Å². The van der Waals surface area contributed by atoms with E-state index < -0.39 is 0 Å². The van der Waals surface area contributed by atoms with Gasteiger partial charge >= 0.3 is 0 Å². The van der Waals surface area contributed by atoms with Crippen molar-refractivity contribution in [1.82, 2.24) is 5.32 Å². The zero-order valence-corrected chi connectivity index (χ0v) is 14.7. The van der Waals surface area contributed by atoms with E-state index in [0.29, 0.717) is 12.4 Å². The Bertz CT molecular complexity index is 655. The molecule has 0 fully saturated rings. The molecule has 6 heteroatoms. The van der Waals surface area contributed by atoms with Crippen molar-refractivity contribution in [1.29, 1.82) is 0 Å². The van der Waals surface area contributed by atoms with Gasteiger partial charge in [0.1, 0.15) is 29.6 Å². The molecule has 0 aromatic heterocycles. The highest BCUT2D eigenvalue weighted by atomic mass is 16.5. The van der Waals surface area contributed by atoms with Crippen LogP contribution in [0.3, 0.4) is 0 Å². The van der Waals surface area contributed by atoms with Crippen molar-refractivity contribution in [2.75, 3.05) is 27.4 Å². The maximum absolute atomic E-state index is 11.9. The third-order valence-electron chi connectivity index (χ3n) is 3.40. The summed E-state index contributed by atoms with van der Waals surface area (Å²) in [5, 5.41) is 2.83. The smallest absolute Gasteiger partial charge is 0.258 e. The van der Waals surface area contributed by atoms with Crippen molar-refractivity contribution in [2.45, 2.75) is 13.0 Å². The molecule has 0 spiro atoms. The number of rotatable bonds is 9. The van der Waals surface area contributed by atoms with E-state index in [2.05, 4.69) is 5.32 Å². The van der Waals surface area contributed by atoms with Crippen LogP contribution in [0.2, 0.25) is 0 Å². The fraction of sp³-hybridized carbons (Fsp3) is 0.316. The third-order valence-corrected chi connectivity index (χ3v) is 3.40. The molecule has 0 radical (unpaired) electrons. The van der Waals surface area contributed by atoms with Crippen molar-refractivity contribution in [3.05, 3.63) is 48.5 Å². The van der Waals surface area contributed by atoms with Crippen LogP contribution in [-0.2, 0) is 4.79 Å². The van der Waals surface area contributed by atoms with E-state index in [1.165, 1.54) is 0 Å². The number of carbonyl (C=O) groups is 1.